The van der Waals surface area contributed by atoms with Crippen LogP contribution >= 0.6 is 11.6 Å². The Labute approximate surface area is 86.5 Å². The zero-order valence-electron chi connectivity index (χ0n) is 7.66. The number of aliphatic hydroxyl groups excluding tert-OH is 1. The molecule has 0 aromatic carbocycles. The molecular formula is C9H10ClNO3. The van der Waals surface area contributed by atoms with Crippen LogP contribution in [0.5, 0.6) is 0 Å². The molecule has 0 spiro atoms. The average molecular weight is 216 g/mol. The molecule has 0 aliphatic heterocycles. The summed E-state index contributed by atoms with van der Waals surface area (Å²) in [6.45, 7) is 1.79. The number of carbonyl (C=O) groups is 1. The first-order valence-corrected chi connectivity index (χ1v) is 4.49. The van der Waals surface area contributed by atoms with Gasteiger partial charge in [0, 0.05) is 6.20 Å². The zero-order valence-corrected chi connectivity index (χ0v) is 8.41. The Morgan fingerprint density at radius 3 is 2.93 bits per heavy atom. The van der Waals surface area contributed by atoms with Crippen molar-refractivity contribution in [3.05, 3.63) is 28.5 Å². The Balaban J connectivity index is 2.94. The monoisotopic (exact) mass is 215 g/mol. The summed E-state index contributed by atoms with van der Waals surface area (Å²) in [6, 6.07) is 1.44. The van der Waals surface area contributed by atoms with Gasteiger partial charge in [-0.15, -0.1) is 0 Å². The molecule has 0 unspecified atom stereocenters. The number of aromatic nitrogens is 1. The topological polar surface area (TPSA) is 59.4 Å². The van der Waals surface area contributed by atoms with Crippen LogP contribution in [0.25, 0.3) is 0 Å². The number of nitrogens with zero attached hydrogens (tertiary/aromatic N) is 1. The van der Waals surface area contributed by atoms with Crippen molar-refractivity contribution < 1.29 is 14.6 Å². The lowest BCUT2D eigenvalue weighted by Gasteiger charge is -2.04. The number of hydrogen-bond donors (Lipinski definition) is 1. The van der Waals surface area contributed by atoms with E-state index < -0.39 is 5.97 Å². The van der Waals surface area contributed by atoms with Gasteiger partial charge in [0.15, 0.2) is 0 Å². The number of aliphatic hydroxyl groups is 1. The fourth-order valence-corrected chi connectivity index (χ4v) is 1.17. The molecule has 14 heavy (non-hydrogen) atoms. The first kappa shape index (κ1) is 10.9. The van der Waals surface area contributed by atoms with E-state index in [1.165, 1.54) is 12.3 Å². The second kappa shape index (κ2) is 4.93. The number of esters is 1. The van der Waals surface area contributed by atoms with Crippen molar-refractivity contribution in [2.24, 2.45) is 0 Å². The summed E-state index contributed by atoms with van der Waals surface area (Å²) in [7, 11) is 0. The van der Waals surface area contributed by atoms with Crippen molar-refractivity contribution in [1.29, 1.82) is 0 Å². The Hall–Kier alpha value is -1.13. The Morgan fingerprint density at radius 2 is 2.43 bits per heavy atom. The van der Waals surface area contributed by atoms with E-state index in [9.17, 15) is 4.79 Å². The molecule has 1 aromatic heterocycles. The van der Waals surface area contributed by atoms with Gasteiger partial charge in [0.2, 0.25) is 0 Å². The molecule has 0 aliphatic rings. The van der Waals surface area contributed by atoms with E-state index in [-0.39, 0.29) is 23.8 Å². The fraction of sp³-hybridized carbons (Fsp3) is 0.333. The highest BCUT2D eigenvalue weighted by atomic mass is 35.5. The first-order valence-electron chi connectivity index (χ1n) is 4.11. The maximum Gasteiger partial charge on any atom is 0.341 e. The number of halogens is 1. The summed E-state index contributed by atoms with van der Waals surface area (Å²) >= 11 is 5.79. The lowest BCUT2D eigenvalue weighted by molar-refractivity contribution is 0.0526. The second-order valence-electron chi connectivity index (χ2n) is 2.53. The van der Waals surface area contributed by atoms with E-state index >= 15 is 0 Å². The van der Waals surface area contributed by atoms with E-state index in [2.05, 4.69) is 4.98 Å². The molecule has 0 aliphatic carbocycles. The van der Waals surface area contributed by atoms with Crippen LogP contribution in [0, 0.1) is 0 Å². The number of carbonyl (C=O) groups excluding carboxylic acids is 1. The van der Waals surface area contributed by atoms with Crippen molar-refractivity contribution >= 4 is 17.6 Å². The second-order valence-corrected chi connectivity index (χ2v) is 2.94. The molecule has 5 heteroatoms. The molecule has 1 heterocycles. The smallest absolute Gasteiger partial charge is 0.341 e. The molecule has 0 saturated carbocycles. The van der Waals surface area contributed by atoms with Gasteiger partial charge in [0.25, 0.3) is 0 Å². The van der Waals surface area contributed by atoms with Crippen molar-refractivity contribution in [2.45, 2.75) is 13.5 Å². The predicted molar refractivity (Wildman–Crippen MR) is 51.1 cm³/mol. The number of hydrogen-bond acceptors (Lipinski definition) is 4. The van der Waals surface area contributed by atoms with Gasteiger partial charge in [-0.2, -0.15) is 0 Å². The minimum atomic E-state index is -0.505. The molecule has 0 radical (unpaired) electrons. The van der Waals surface area contributed by atoms with E-state index in [1.807, 2.05) is 0 Å². The lowest BCUT2D eigenvalue weighted by atomic mass is 10.2. The van der Waals surface area contributed by atoms with Crippen LogP contribution in [0.15, 0.2) is 12.3 Å². The Bertz CT molecular complexity index is 341. The maximum atomic E-state index is 11.3. The van der Waals surface area contributed by atoms with Gasteiger partial charge < -0.3 is 9.84 Å². The van der Waals surface area contributed by atoms with E-state index in [0.717, 1.165) is 0 Å². The third-order valence-electron chi connectivity index (χ3n) is 1.57. The maximum absolute atomic E-state index is 11.3. The van der Waals surface area contributed by atoms with Crippen LogP contribution in [0.3, 0.4) is 0 Å². The zero-order chi connectivity index (χ0) is 10.6. The molecule has 1 rings (SSSR count). The van der Waals surface area contributed by atoms with Gasteiger partial charge in [-0.3, -0.25) is 4.98 Å². The van der Waals surface area contributed by atoms with Crippen molar-refractivity contribution in [1.82, 2.24) is 4.98 Å². The van der Waals surface area contributed by atoms with Crippen molar-refractivity contribution in [3.8, 4) is 0 Å². The third-order valence-corrected chi connectivity index (χ3v) is 1.88. The molecule has 0 bridgehead atoms. The van der Waals surface area contributed by atoms with E-state index in [0.29, 0.717) is 5.69 Å². The summed E-state index contributed by atoms with van der Waals surface area (Å²) in [5.74, 6) is -0.505. The molecule has 0 fully saturated rings. The lowest BCUT2D eigenvalue weighted by Crippen LogP contribution is -2.06. The quantitative estimate of drug-likeness (QED) is 0.775. The average Bonchev–Trinajstić information content (AvgIpc) is 2.17. The summed E-state index contributed by atoms with van der Waals surface area (Å²) in [4.78, 5) is 15.1. The van der Waals surface area contributed by atoms with Gasteiger partial charge in [-0.1, -0.05) is 11.6 Å². The van der Waals surface area contributed by atoms with Gasteiger partial charge in [0.05, 0.1) is 29.5 Å². The number of ether oxygens (including phenoxy) is 1. The molecule has 4 nitrogen and oxygen atoms in total. The van der Waals surface area contributed by atoms with E-state index in [4.69, 9.17) is 21.4 Å². The standard InChI is InChI=1S/C9H10ClNO3/c1-2-14-9(13)7-4-11-6(5-12)3-8(7)10/h3-4,12H,2,5H2,1H3. The van der Waals surface area contributed by atoms with Crippen LogP contribution in [0.1, 0.15) is 23.0 Å². The highest BCUT2D eigenvalue weighted by Crippen LogP contribution is 2.16. The highest BCUT2D eigenvalue weighted by Gasteiger charge is 2.12. The van der Waals surface area contributed by atoms with Crippen LogP contribution in [-0.2, 0) is 11.3 Å². The van der Waals surface area contributed by atoms with Gasteiger partial charge >= 0.3 is 5.97 Å². The van der Waals surface area contributed by atoms with Gasteiger partial charge in [-0.05, 0) is 13.0 Å². The third kappa shape index (κ3) is 2.43. The summed E-state index contributed by atoms with van der Waals surface area (Å²) in [5.41, 5.74) is 0.633. The van der Waals surface area contributed by atoms with Gasteiger partial charge in [-0.25, -0.2) is 4.79 Å². The molecule has 0 atom stereocenters. The van der Waals surface area contributed by atoms with Crippen molar-refractivity contribution in [3.63, 3.8) is 0 Å². The molecule has 76 valence electrons. The number of pyridine rings is 1. The minimum Gasteiger partial charge on any atom is -0.462 e. The molecule has 1 aromatic rings. The van der Waals surface area contributed by atoms with E-state index in [1.54, 1.807) is 6.92 Å². The largest absolute Gasteiger partial charge is 0.462 e. The molecule has 0 saturated heterocycles. The van der Waals surface area contributed by atoms with Crippen LogP contribution in [0.2, 0.25) is 5.02 Å². The van der Waals surface area contributed by atoms with Crippen LogP contribution in [-0.4, -0.2) is 22.7 Å². The molecular weight excluding hydrogens is 206 g/mol. The van der Waals surface area contributed by atoms with Gasteiger partial charge in [0.1, 0.15) is 0 Å². The predicted octanol–water partition coefficient (Wildman–Crippen LogP) is 1.40. The van der Waals surface area contributed by atoms with Crippen LogP contribution < -0.4 is 0 Å². The highest BCUT2D eigenvalue weighted by molar-refractivity contribution is 6.33. The Kier molecular flexibility index (Phi) is 3.85. The Morgan fingerprint density at radius 1 is 1.71 bits per heavy atom. The summed E-state index contributed by atoms with van der Waals surface area (Å²) in [6.07, 6.45) is 1.30. The van der Waals surface area contributed by atoms with Crippen LogP contribution in [0.4, 0.5) is 0 Å². The summed E-state index contributed by atoms with van der Waals surface area (Å²) < 4.78 is 4.76. The molecule has 1 N–H and O–H groups in total. The summed E-state index contributed by atoms with van der Waals surface area (Å²) in [5, 5.41) is 9.00. The SMILES string of the molecule is CCOC(=O)c1cnc(CO)cc1Cl. The van der Waals surface area contributed by atoms with Crippen molar-refractivity contribution in [2.75, 3.05) is 6.61 Å². The molecule has 0 amide bonds. The minimum absolute atomic E-state index is 0.206. The number of rotatable bonds is 3. The first-order chi connectivity index (χ1) is 6.69. The normalized spacial score (nSPS) is 9.93. The fourth-order valence-electron chi connectivity index (χ4n) is 0.916.